The summed E-state index contributed by atoms with van der Waals surface area (Å²) < 4.78 is 11.4. The van der Waals surface area contributed by atoms with Crippen LogP contribution in [0.3, 0.4) is 0 Å². The normalized spacial score (nSPS) is 25.5. The molecular weight excluding hydrogens is 358 g/mol. The minimum absolute atomic E-state index is 0.0425. The second-order valence-corrected chi connectivity index (χ2v) is 5.81. The van der Waals surface area contributed by atoms with E-state index < -0.39 is 37.2 Å². The maximum absolute atomic E-state index is 11.8. The van der Waals surface area contributed by atoms with Gasteiger partial charge in [0.25, 0.3) is 0 Å². The highest BCUT2D eigenvalue weighted by molar-refractivity contribution is 5.99. The summed E-state index contributed by atoms with van der Waals surface area (Å²) in [7, 11) is 0. The number of carbonyl (C=O) groups excluding carboxylic acids is 1. The molecule has 3 rings (SSSR count). The number of aliphatic imine (C=N–C) groups is 1. The number of amides is 1. The highest BCUT2D eigenvalue weighted by atomic mass is 16.6. The molecule has 0 spiro atoms. The number of nitrogens with two attached hydrogens (primary N) is 1. The molecule has 0 aliphatic carbocycles. The van der Waals surface area contributed by atoms with Crippen LogP contribution in [0.2, 0.25) is 0 Å². The van der Waals surface area contributed by atoms with Gasteiger partial charge in [-0.05, 0) is 5.56 Å². The lowest BCUT2D eigenvalue weighted by atomic mass is 10.1. The lowest BCUT2D eigenvalue weighted by Crippen LogP contribution is -2.33. The number of aliphatic hydroxyl groups excluding tert-OH is 3. The average Bonchev–Trinajstić information content (AvgIpc) is 3.27. The van der Waals surface area contributed by atoms with E-state index in [9.17, 15) is 15.0 Å². The molecule has 1 fully saturated rings. The Hall–Kier alpha value is -2.86. The molecule has 144 valence electrons. The summed E-state index contributed by atoms with van der Waals surface area (Å²) >= 11 is 0. The van der Waals surface area contributed by atoms with Crippen molar-refractivity contribution in [3.8, 4) is 0 Å². The van der Waals surface area contributed by atoms with E-state index in [0.717, 1.165) is 10.2 Å². The standard InChI is InChI=1S/C16H19N5O6/c17-13(19-16(25)26-7-9-4-2-1-3-5-9)14-18-8-21(20-14)15-12(24)11(23)10(6-22)27-15/h1-5,8,10-12,15,22-24H,6-7H2,(H2,17,19,25). The molecule has 4 atom stereocenters. The van der Waals surface area contributed by atoms with E-state index in [0.29, 0.717) is 0 Å². The molecule has 2 heterocycles. The van der Waals surface area contributed by atoms with Crippen molar-refractivity contribution in [1.82, 2.24) is 14.8 Å². The van der Waals surface area contributed by atoms with Crippen LogP contribution in [-0.4, -0.2) is 66.9 Å². The lowest BCUT2D eigenvalue weighted by molar-refractivity contribution is -0.0588. The van der Waals surface area contributed by atoms with Gasteiger partial charge in [0.15, 0.2) is 12.1 Å². The van der Waals surface area contributed by atoms with Crippen LogP contribution in [0.25, 0.3) is 0 Å². The van der Waals surface area contributed by atoms with Crippen LogP contribution < -0.4 is 5.73 Å². The minimum Gasteiger partial charge on any atom is -0.443 e. The largest absolute Gasteiger partial charge is 0.443 e. The SMILES string of the molecule is N/C(=N/C(=O)OCc1ccccc1)c1ncn(C2OC(CO)C(O)C2O)n1. The minimum atomic E-state index is -1.31. The number of ether oxygens (including phenoxy) is 2. The monoisotopic (exact) mass is 377 g/mol. The second kappa shape index (κ2) is 8.22. The zero-order valence-corrected chi connectivity index (χ0v) is 14.1. The van der Waals surface area contributed by atoms with Gasteiger partial charge in [0.05, 0.1) is 6.61 Å². The van der Waals surface area contributed by atoms with E-state index in [1.807, 2.05) is 18.2 Å². The van der Waals surface area contributed by atoms with E-state index in [1.54, 1.807) is 12.1 Å². The number of benzene rings is 1. The van der Waals surface area contributed by atoms with Crippen LogP contribution in [0, 0.1) is 0 Å². The third-order valence-corrected chi connectivity index (χ3v) is 3.93. The molecule has 11 heteroatoms. The number of rotatable bonds is 5. The molecule has 5 N–H and O–H groups in total. The average molecular weight is 377 g/mol. The lowest BCUT2D eigenvalue weighted by Gasteiger charge is -2.13. The van der Waals surface area contributed by atoms with Gasteiger partial charge in [0.1, 0.15) is 31.2 Å². The number of hydrogen-bond donors (Lipinski definition) is 4. The van der Waals surface area contributed by atoms with Crippen molar-refractivity contribution < 1.29 is 29.6 Å². The first kappa shape index (κ1) is 18.9. The van der Waals surface area contributed by atoms with E-state index in [-0.39, 0.29) is 18.3 Å². The number of aromatic nitrogens is 3. The summed E-state index contributed by atoms with van der Waals surface area (Å²) in [6.07, 6.45) is -4.29. The van der Waals surface area contributed by atoms with Gasteiger partial charge >= 0.3 is 6.09 Å². The first-order chi connectivity index (χ1) is 13.0. The Morgan fingerprint density at radius 3 is 2.70 bits per heavy atom. The Labute approximate surface area is 153 Å². The van der Waals surface area contributed by atoms with Gasteiger partial charge in [-0.3, -0.25) is 0 Å². The molecule has 1 saturated heterocycles. The fourth-order valence-electron chi connectivity index (χ4n) is 2.51. The Morgan fingerprint density at radius 1 is 1.30 bits per heavy atom. The Morgan fingerprint density at radius 2 is 2.04 bits per heavy atom. The zero-order valence-electron chi connectivity index (χ0n) is 14.1. The van der Waals surface area contributed by atoms with Crippen molar-refractivity contribution in [2.24, 2.45) is 10.7 Å². The predicted octanol–water partition coefficient (Wildman–Crippen LogP) is -1.07. The highest BCUT2D eigenvalue weighted by Gasteiger charge is 2.44. The van der Waals surface area contributed by atoms with Crippen molar-refractivity contribution in [2.45, 2.75) is 31.1 Å². The molecule has 27 heavy (non-hydrogen) atoms. The number of nitrogens with zero attached hydrogens (tertiary/aromatic N) is 4. The zero-order chi connectivity index (χ0) is 19.4. The van der Waals surface area contributed by atoms with Crippen molar-refractivity contribution in [1.29, 1.82) is 0 Å². The third-order valence-electron chi connectivity index (χ3n) is 3.93. The fourth-order valence-corrected chi connectivity index (χ4v) is 2.51. The first-order valence-corrected chi connectivity index (χ1v) is 8.08. The fraction of sp³-hybridized carbons (Fsp3) is 0.375. The molecule has 4 unspecified atom stereocenters. The molecule has 1 aliphatic heterocycles. The van der Waals surface area contributed by atoms with Gasteiger partial charge in [-0.1, -0.05) is 30.3 Å². The molecule has 2 aromatic rings. The van der Waals surface area contributed by atoms with Crippen LogP contribution in [0.4, 0.5) is 4.79 Å². The molecule has 0 radical (unpaired) electrons. The van der Waals surface area contributed by atoms with Crippen LogP contribution in [-0.2, 0) is 16.1 Å². The molecule has 11 nitrogen and oxygen atoms in total. The van der Waals surface area contributed by atoms with Gasteiger partial charge in [-0.15, -0.1) is 5.10 Å². The topological polar surface area (TPSA) is 165 Å². The Kier molecular flexibility index (Phi) is 5.76. The smallest absolute Gasteiger partial charge is 0.436 e. The Bertz CT molecular complexity index is 811. The van der Waals surface area contributed by atoms with Crippen molar-refractivity contribution in [2.75, 3.05) is 6.61 Å². The molecule has 1 aromatic carbocycles. The summed E-state index contributed by atoms with van der Waals surface area (Å²) in [5.41, 5.74) is 6.51. The van der Waals surface area contributed by atoms with Gasteiger partial charge in [-0.2, -0.15) is 4.99 Å². The van der Waals surface area contributed by atoms with Crippen LogP contribution in [0.1, 0.15) is 17.6 Å². The van der Waals surface area contributed by atoms with Crippen molar-refractivity contribution >= 4 is 11.9 Å². The molecule has 1 aromatic heterocycles. The number of amidine groups is 1. The summed E-state index contributed by atoms with van der Waals surface area (Å²) in [5.74, 6) is -0.358. The van der Waals surface area contributed by atoms with Crippen molar-refractivity contribution in [3.63, 3.8) is 0 Å². The van der Waals surface area contributed by atoms with Crippen LogP contribution >= 0.6 is 0 Å². The van der Waals surface area contributed by atoms with E-state index in [2.05, 4.69) is 15.1 Å². The molecule has 0 saturated carbocycles. The molecule has 0 bridgehead atoms. The van der Waals surface area contributed by atoms with Crippen LogP contribution in [0.15, 0.2) is 41.7 Å². The second-order valence-electron chi connectivity index (χ2n) is 5.81. The summed E-state index contributed by atoms with van der Waals surface area (Å²) in [4.78, 5) is 19.2. The molecular formula is C16H19N5O6. The van der Waals surface area contributed by atoms with Gasteiger partial charge in [0, 0.05) is 0 Å². The number of hydrogen-bond acceptors (Lipinski definition) is 8. The Balaban J connectivity index is 1.63. The predicted molar refractivity (Wildman–Crippen MR) is 90.4 cm³/mol. The van der Waals surface area contributed by atoms with Crippen LogP contribution in [0.5, 0.6) is 0 Å². The number of carbonyl (C=O) groups is 1. The van der Waals surface area contributed by atoms with Gasteiger partial charge in [0.2, 0.25) is 5.82 Å². The maximum Gasteiger partial charge on any atom is 0.436 e. The summed E-state index contributed by atoms with van der Waals surface area (Å²) in [6.45, 7) is -0.423. The molecule has 1 aliphatic rings. The number of aliphatic hydroxyl groups is 3. The third kappa shape index (κ3) is 4.28. The van der Waals surface area contributed by atoms with E-state index >= 15 is 0 Å². The highest BCUT2D eigenvalue weighted by Crippen LogP contribution is 2.28. The quantitative estimate of drug-likeness (QED) is 0.375. The van der Waals surface area contributed by atoms with Gasteiger partial charge < -0.3 is 30.5 Å². The van der Waals surface area contributed by atoms with Crippen molar-refractivity contribution in [3.05, 3.63) is 48.0 Å². The maximum atomic E-state index is 11.8. The molecule has 1 amide bonds. The van der Waals surface area contributed by atoms with E-state index in [4.69, 9.17) is 20.3 Å². The first-order valence-electron chi connectivity index (χ1n) is 8.08. The summed E-state index contributed by atoms with van der Waals surface area (Å²) in [6, 6.07) is 9.07. The summed E-state index contributed by atoms with van der Waals surface area (Å²) in [5, 5.41) is 32.8. The van der Waals surface area contributed by atoms with Gasteiger partial charge in [-0.25, -0.2) is 14.5 Å². The van der Waals surface area contributed by atoms with E-state index in [1.165, 1.54) is 6.33 Å².